The van der Waals surface area contributed by atoms with Gasteiger partial charge in [-0.15, -0.1) is 0 Å². The predicted molar refractivity (Wildman–Crippen MR) is 68.4 cm³/mol. The van der Waals surface area contributed by atoms with Crippen LogP contribution >= 0.6 is 0 Å². The monoisotopic (exact) mass is 232 g/mol. The highest BCUT2D eigenvalue weighted by atomic mass is 16.5. The van der Waals surface area contributed by atoms with Crippen LogP contribution < -0.4 is 4.74 Å². The van der Waals surface area contributed by atoms with Crippen LogP contribution in [0, 0.1) is 5.41 Å². The molecule has 0 aliphatic heterocycles. The van der Waals surface area contributed by atoms with Gasteiger partial charge in [-0.3, -0.25) is 4.79 Å². The standard InChI is InChI=1S/C15H20O2/c1-10(2)11-6-5-7-12(8-11)17-14-9-13(16)15(14,3)4/h5-8,10,14H,9H2,1-4H3. The van der Waals surface area contributed by atoms with Gasteiger partial charge in [0.15, 0.2) is 0 Å². The van der Waals surface area contributed by atoms with Crippen molar-refractivity contribution in [1.82, 2.24) is 0 Å². The van der Waals surface area contributed by atoms with E-state index in [1.54, 1.807) is 0 Å². The first-order valence-corrected chi connectivity index (χ1v) is 6.21. The van der Waals surface area contributed by atoms with E-state index in [-0.39, 0.29) is 11.5 Å². The summed E-state index contributed by atoms with van der Waals surface area (Å²) in [6, 6.07) is 8.15. The van der Waals surface area contributed by atoms with Crippen LogP contribution in [0.15, 0.2) is 24.3 Å². The highest BCUT2D eigenvalue weighted by molar-refractivity contribution is 5.91. The number of carbonyl (C=O) groups is 1. The molecule has 2 rings (SSSR count). The van der Waals surface area contributed by atoms with E-state index in [9.17, 15) is 4.79 Å². The molecule has 1 fully saturated rings. The minimum absolute atomic E-state index is 0.0254. The van der Waals surface area contributed by atoms with E-state index in [0.717, 1.165) is 5.75 Å². The molecule has 1 aromatic rings. The van der Waals surface area contributed by atoms with E-state index in [1.807, 2.05) is 26.0 Å². The third-order valence-electron chi connectivity index (χ3n) is 3.70. The van der Waals surface area contributed by atoms with Gasteiger partial charge in [-0.1, -0.05) is 26.0 Å². The Bertz CT molecular complexity index is 432. The number of hydrogen-bond acceptors (Lipinski definition) is 2. The molecular formula is C15H20O2. The lowest BCUT2D eigenvalue weighted by atomic mass is 9.68. The smallest absolute Gasteiger partial charge is 0.145 e. The van der Waals surface area contributed by atoms with Gasteiger partial charge in [-0.2, -0.15) is 0 Å². The van der Waals surface area contributed by atoms with Crippen molar-refractivity contribution in [3.8, 4) is 5.75 Å². The summed E-state index contributed by atoms with van der Waals surface area (Å²) < 4.78 is 5.91. The second-order valence-corrected chi connectivity index (χ2v) is 5.68. The SMILES string of the molecule is CC(C)c1cccc(OC2CC(=O)C2(C)C)c1. The predicted octanol–water partition coefficient (Wildman–Crippen LogP) is 3.56. The van der Waals surface area contributed by atoms with E-state index in [0.29, 0.717) is 18.1 Å². The maximum Gasteiger partial charge on any atom is 0.145 e. The third-order valence-corrected chi connectivity index (χ3v) is 3.70. The van der Waals surface area contributed by atoms with Crippen LogP contribution in [-0.4, -0.2) is 11.9 Å². The maximum atomic E-state index is 11.4. The molecule has 1 saturated carbocycles. The largest absolute Gasteiger partial charge is 0.489 e. The Morgan fingerprint density at radius 1 is 1.35 bits per heavy atom. The van der Waals surface area contributed by atoms with Gasteiger partial charge >= 0.3 is 0 Å². The van der Waals surface area contributed by atoms with Gasteiger partial charge in [0.2, 0.25) is 0 Å². The fraction of sp³-hybridized carbons (Fsp3) is 0.533. The fourth-order valence-corrected chi connectivity index (χ4v) is 2.04. The van der Waals surface area contributed by atoms with E-state index in [1.165, 1.54) is 5.56 Å². The lowest BCUT2D eigenvalue weighted by Crippen LogP contribution is -2.52. The van der Waals surface area contributed by atoms with Crippen LogP contribution in [0.3, 0.4) is 0 Å². The van der Waals surface area contributed by atoms with Gasteiger partial charge in [0.1, 0.15) is 17.6 Å². The number of carbonyl (C=O) groups excluding carboxylic acids is 1. The van der Waals surface area contributed by atoms with Crippen LogP contribution in [0.2, 0.25) is 0 Å². The van der Waals surface area contributed by atoms with Crippen LogP contribution in [0.4, 0.5) is 0 Å². The quantitative estimate of drug-likeness (QED) is 0.796. The molecule has 0 saturated heterocycles. The van der Waals surface area contributed by atoms with Gasteiger partial charge in [-0.25, -0.2) is 0 Å². The van der Waals surface area contributed by atoms with E-state index in [4.69, 9.17) is 4.74 Å². The van der Waals surface area contributed by atoms with E-state index < -0.39 is 0 Å². The van der Waals surface area contributed by atoms with Gasteiger partial charge in [0.05, 0.1) is 5.41 Å². The molecular weight excluding hydrogens is 212 g/mol. The van der Waals surface area contributed by atoms with Gasteiger partial charge in [0, 0.05) is 6.42 Å². The number of ether oxygens (including phenoxy) is 1. The first-order valence-electron chi connectivity index (χ1n) is 6.21. The minimum Gasteiger partial charge on any atom is -0.489 e. The molecule has 0 N–H and O–H groups in total. The molecule has 92 valence electrons. The molecule has 1 aliphatic carbocycles. The molecule has 1 unspecified atom stereocenters. The zero-order valence-electron chi connectivity index (χ0n) is 11.0. The lowest BCUT2D eigenvalue weighted by molar-refractivity contribution is -0.148. The van der Waals surface area contributed by atoms with Crippen LogP contribution in [0.1, 0.15) is 45.6 Å². The Morgan fingerprint density at radius 2 is 2.06 bits per heavy atom. The molecule has 0 radical (unpaired) electrons. The van der Waals surface area contributed by atoms with Crippen molar-refractivity contribution >= 4 is 5.78 Å². The Balaban J connectivity index is 2.10. The summed E-state index contributed by atoms with van der Waals surface area (Å²) in [5.74, 6) is 1.67. The van der Waals surface area contributed by atoms with Crippen molar-refractivity contribution in [2.75, 3.05) is 0 Å². The minimum atomic E-state index is -0.326. The number of rotatable bonds is 3. The number of ketones is 1. The summed E-state index contributed by atoms with van der Waals surface area (Å²) in [6.07, 6.45) is 0.566. The molecule has 1 atom stereocenters. The molecule has 17 heavy (non-hydrogen) atoms. The van der Waals surface area contributed by atoms with Crippen molar-refractivity contribution in [3.63, 3.8) is 0 Å². The number of hydrogen-bond donors (Lipinski definition) is 0. The van der Waals surface area contributed by atoms with Crippen molar-refractivity contribution in [2.45, 2.75) is 46.1 Å². The topological polar surface area (TPSA) is 26.3 Å². The summed E-state index contributed by atoms with van der Waals surface area (Å²) in [7, 11) is 0. The first-order chi connectivity index (χ1) is 7.91. The van der Waals surface area contributed by atoms with Crippen molar-refractivity contribution < 1.29 is 9.53 Å². The first kappa shape index (κ1) is 12.2. The summed E-state index contributed by atoms with van der Waals surface area (Å²) in [5.41, 5.74) is 0.944. The summed E-state index contributed by atoms with van der Waals surface area (Å²) in [5, 5.41) is 0. The van der Waals surface area contributed by atoms with Gasteiger partial charge in [0.25, 0.3) is 0 Å². The van der Waals surface area contributed by atoms with Crippen molar-refractivity contribution in [1.29, 1.82) is 0 Å². The molecule has 0 spiro atoms. The maximum absolute atomic E-state index is 11.4. The van der Waals surface area contributed by atoms with E-state index in [2.05, 4.69) is 26.0 Å². The van der Waals surface area contributed by atoms with Crippen LogP contribution in [0.25, 0.3) is 0 Å². The zero-order valence-corrected chi connectivity index (χ0v) is 11.0. The highest BCUT2D eigenvalue weighted by Crippen LogP contribution is 2.39. The molecule has 0 heterocycles. The third kappa shape index (κ3) is 2.21. The normalized spacial score (nSPS) is 22.4. The van der Waals surface area contributed by atoms with Crippen molar-refractivity contribution in [3.05, 3.63) is 29.8 Å². The molecule has 0 bridgehead atoms. The van der Waals surface area contributed by atoms with Crippen LogP contribution in [-0.2, 0) is 4.79 Å². The average Bonchev–Trinajstić information content (AvgIpc) is 2.29. The summed E-state index contributed by atoms with van der Waals surface area (Å²) >= 11 is 0. The van der Waals surface area contributed by atoms with E-state index >= 15 is 0 Å². The Morgan fingerprint density at radius 3 is 2.59 bits per heavy atom. The average molecular weight is 232 g/mol. The zero-order chi connectivity index (χ0) is 12.6. The molecule has 0 amide bonds. The summed E-state index contributed by atoms with van der Waals surface area (Å²) in [4.78, 5) is 11.4. The Hall–Kier alpha value is -1.31. The second kappa shape index (κ2) is 4.17. The molecule has 0 aromatic heterocycles. The molecule has 2 heteroatoms. The van der Waals surface area contributed by atoms with Crippen LogP contribution in [0.5, 0.6) is 5.75 Å². The molecule has 1 aliphatic rings. The van der Waals surface area contributed by atoms with Gasteiger partial charge < -0.3 is 4.74 Å². The second-order valence-electron chi connectivity index (χ2n) is 5.68. The number of Topliss-reactive ketones (excluding diaryl/α,β-unsaturated/α-hetero) is 1. The Kier molecular flexibility index (Phi) is 2.98. The fourth-order valence-electron chi connectivity index (χ4n) is 2.04. The Labute approximate surface area is 103 Å². The highest BCUT2D eigenvalue weighted by Gasteiger charge is 2.49. The van der Waals surface area contributed by atoms with Crippen molar-refractivity contribution in [2.24, 2.45) is 5.41 Å². The summed E-state index contributed by atoms with van der Waals surface area (Å²) in [6.45, 7) is 8.23. The molecule has 2 nitrogen and oxygen atoms in total. The lowest BCUT2D eigenvalue weighted by Gasteiger charge is -2.42. The van der Waals surface area contributed by atoms with Gasteiger partial charge in [-0.05, 0) is 37.5 Å². The number of benzene rings is 1. The molecule has 1 aromatic carbocycles.